The first-order valence-corrected chi connectivity index (χ1v) is 12.4. The van der Waals surface area contributed by atoms with Gasteiger partial charge in [-0.1, -0.05) is 26.8 Å². The Hall–Kier alpha value is -3.17. The number of likely N-dealkylation sites (tertiary alicyclic amines) is 1. The molecule has 1 aliphatic heterocycles. The lowest BCUT2D eigenvalue weighted by atomic mass is 9.99. The van der Waals surface area contributed by atoms with E-state index < -0.39 is 29.9 Å². The van der Waals surface area contributed by atoms with Crippen LogP contribution in [0.2, 0.25) is 0 Å². The predicted molar refractivity (Wildman–Crippen MR) is 130 cm³/mol. The number of H-pyrrole nitrogens is 1. The number of hydrogen-bond acceptors (Lipinski definition) is 5. The molecule has 2 heterocycles. The van der Waals surface area contributed by atoms with Crippen LogP contribution >= 0.6 is 0 Å². The number of nitrogens with one attached hydrogen (secondary N) is 3. The minimum atomic E-state index is -1.12. The van der Waals surface area contributed by atoms with Crippen molar-refractivity contribution in [3.05, 3.63) is 29.8 Å². The lowest BCUT2D eigenvalue weighted by Gasteiger charge is -2.36. The highest BCUT2D eigenvalue weighted by Crippen LogP contribution is 2.21. The second-order valence-electron chi connectivity index (χ2n) is 9.53. The van der Waals surface area contributed by atoms with Crippen LogP contribution in [0.5, 0.6) is 0 Å². The van der Waals surface area contributed by atoms with Gasteiger partial charge in [0.25, 0.3) is 0 Å². The summed E-state index contributed by atoms with van der Waals surface area (Å²) in [4.78, 5) is 47.8. The van der Waals surface area contributed by atoms with Crippen LogP contribution in [0, 0.1) is 11.7 Å². The number of carbonyl (C=O) groups is 3. The number of aromatic nitrogens is 2. The molecule has 3 amide bonds. The number of carbonyl (C=O) groups excluding carboxylic acids is 3. The fourth-order valence-electron chi connectivity index (χ4n) is 4.28. The summed E-state index contributed by atoms with van der Waals surface area (Å²) in [5, 5.41) is 5.34. The monoisotopic (exact) mass is 489 g/mol. The van der Waals surface area contributed by atoms with Gasteiger partial charge in [-0.15, -0.1) is 0 Å². The van der Waals surface area contributed by atoms with Crippen molar-refractivity contribution in [2.75, 3.05) is 13.2 Å². The fourth-order valence-corrected chi connectivity index (χ4v) is 4.28. The Morgan fingerprint density at radius 3 is 2.69 bits per heavy atom. The zero-order chi connectivity index (χ0) is 25.5. The van der Waals surface area contributed by atoms with Crippen LogP contribution in [0.3, 0.4) is 0 Å². The molecule has 0 bridgehead atoms. The Bertz CT molecular complexity index is 1040. The third-order valence-electron chi connectivity index (χ3n) is 6.20. The fraction of sp³-hybridized carbons (Fsp3) is 0.600. The molecule has 1 saturated heterocycles. The zero-order valence-electron chi connectivity index (χ0n) is 20.9. The van der Waals surface area contributed by atoms with E-state index in [1.165, 1.54) is 6.07 Å². The summed E-state index contributed by atoms with van der Waals surface area (Å²) in [5.74, 6) is -0.693. The zero-order valence-corrected chi connectivity index (χ0v) is 20.9. The number of amides is 3. The summed E-state index contributed by atoms with van der Waals surface area (Å²) in [6.45, 7) is 8.38. The number of fused-ring (bicyclic) bond motifs is 1. The maximum atomic E-state index is 14.0. The Morgan fingerprint density at radius 1 is 1.23 bits per heavy atom. The molecule has 9 nitrogen and oxygen atoms in total. The number of halogens is 1. The van der Waals surface area contributed by atoms with Crippen molar-refractivity contribution in [1.29, 1.82) is 0 Å². The molecule has 0 aliphatic carbocycles. The van der Waals surface area contributed by atoms with Gasteiger partial charge in [-0.05, 0) is 50.7 Å². The number of hydrogen-bond donors (Lipinski definition) is 3. The molecule has 1 aromatic carbocycles. The van der Waals surface area contributed by atoms with E-state index in [4.69, 9.17) is 4.74 Å². The standard InChI is InChI=1S/C25H36FN5O4/c1-5-17-9-6-7-12-31(17)21(32)13-20(29-25(34)35-14-15(2)3)24(33)27-16(4)23-28-19-11-8-10-18(26)22(19)30-23/h8,10-11,15-17,20H,5-7,9,12-14H2,1-4H3,(H,27,33)(H,28,30)(H,29,34)/t16?,17-,20?/m0/s1. The van der Waals surface area contributed by atoms with E-state index >= 15 is 0 Å². The topological polar surface area (TPSA) is 116 Å². The normalized spacial score (nSPS) is 17.8. The summed E-state index contributed by atoms with van der Waals surface area (Å²) in [6, 6.07) is 2.98. The van der Waals surface area contributed by atoms with Crippen molar-refractivity contribution in [2.24, 2.45) is 5.92 Å². The maximum absolute atomic E-state index is 14.0. The van der Waals surface area contributed by atoms with E-state index in [0.717, 1.165) is 25.7 Å². The smallest absolute Gasteiger partial charge is 0.407 e. The molecule has 0 spiro atoms. The number of para-hydroxylation sites is 1. The number of rotatable bonds is 9. The molecule has 35 heavy (non-hydrogen) atoms. The van der Waals surface area contributed by atoms with E-state index in [1.54, 1.807) is 19.1 Å². The molecule has 3 atom stereocenters. The van der Waals surface area contributed by atoms with Crippen LogP contribution < -0.4 is 10.6 Å². The van der Waals surface area contributed by atoms with E-state index in [0.29, 0.717) is 17.9 Å². The Morgan fingerprint density at radius 2 is 2.00 bits per heavy atom. The van der Waals surface area contributed by atoms with Crippen molar-refractivity contribution in [3.63, 3.8) is 0 Å². The number of ether oxygens (including phenoxy) is 1. The van der Waals surface area contributed by atoms with E-state index in [2.05, 4.69) is 20.6 Å². The third-order valence-corrected chi connectivity index (χ3v) is 6.20. The Labute approximate surface area is 205 Å². The van der Waals surface area contributed by atoms with Gasteiger partial charge in [-0.25, -0.2) is 14.2 Å². The first kappa shape index (κ1) is 26.4. The first-order chi connectivity index (χ1) is 16.7. The molecular formula is C25H36FN5O4. The number of nitrogens with zero attached hydrogens (tertiary/aromatic N) is 2. The molecule has 0 saturated carbocycles. The largest absolute Gasteiger partial charge is 0.449 e. The summed E-state index contributed by atoms with van der Waals surface area (Å²) in [5.41, 5.74) is 0.695. The van der Waals surface area contributed by atoms with Crippen molar-refractivity contribution >= 4 is 28.9 Å². The van der Waals surface area contributed by atoms with E-state index in [-0.39, 0.29) is 36.4 Å². The van der Waals surface area contributed by atoms with Gasteiger partial charge in [-0.2, -0.15) is 0 Å². The van der Waals surface area contributed by atoms with E-state index in [1.807, 2.05) is 25.7 Å². The van der Waals surface area contributed by atoms with Crippen LogP contribution in [0.4, 0.5) is 9.18 Å². The molecule has 1 aliphatic rings. The van der Waals surface area contributed by atoms with Gasteiger partial charge in [0.15, 0.2) is 5.82 Å². The third kappa shape index (κ3) is 6.93. The van der Waals surface area contributed by atoms with Crippen LogP contribution in [0.15, 0.2) is 18.2 Å². The van der Waals surface area contributed by atoms with Gasteiger partial charge in [-0.3, -0.25) is 9.59 Å². The SMILES string of the molecule is CC[C@H]1CCCCN1C(=O)CC(NC(=O)OCC(C)C)C(=O)NC(C)c1nc2c(F)cccc2[nH]1. The van der Waals surface area contributed by atoms with Crippen molar-refractivity contribution < 1.29 is 23.5 Å². The Kier molecular flexibility index (Phi) is 9.06. The number of benzene rings is 1. The molecule has 0 radical (unpaired) electrons. The van der Waals surface area contributed by atoms with Gasteiger partial charge in [0.2, 0.25) is 11.8 Å². The lowest BCUT2D eigenvalue weighted by Crippen LogP contribution is -2.52. The highest BCUT2D eigenvalue weighted by molar-refractivity contribution is 5.91. The highest BCUT2D eigenvalue weighted by atomic mass is 19.1. The average molecular weight is 490 g/mol. The molecule has 192 valence electrons. The number of aromatic amines is 1. The minimum absolute atomic E-state index is 0.127. The van der Waals surface area contributed by atoms with Crippen LogP contribution in [-0.2, 0) is 14.3 Å². The second-order valence-corrected chi connectivity index (χ2v) is 9.53. The average Bonchev–Trinajstić information content (AvgIpc) is 3.28. The first-order valence-electron chi connectivity index (χ1n) is 12.4. The van der Waals surface area contributed by atoms with Gasteiger partial charge in [0.1, 0.15) is 17.4 Å². The molecular weight excluding hydrogens is 453 g/mol. The molecule has 1 fully saturated rings. The number of imidazole rings is 1. The van der Waals surface area contributed by atoms with Gasteiger partial charge in [0.05, 0.1) is 24.6 Å². The van der Waals surface area contributed by atoms with Gasteiger partial charge < -0.3 is 25.3 Å². The van der Waals surface area contributed by atoms with Crippen LogP contribution in [0.1, 0.15) is 71.7 Å². The Balaban J connectivity index is 1.73. The van der Waals surface area contributed by atoms with Gasteiger partial charge >= 0.3 is 6.09 Å². The quantitative estimate of drug-likeness (QED) is 0.495. The second kappa shape index (κ2) is 12.0. The minimum Gasteiger partial charge on any atom is -0.449 e. The summed E-state index contributed by atoms with van der Waals surface area (Å²) >= 11 is 0. The molecule has 2 unspecified atom stereocenters. The van der Waals surface area contributed by atoms with Gasteiger partial charge in [0, 0.05) is 12.6 Å². The van der Waals surface area contributed by atoms with Crippen molar-refractivity contribution in [3.8, 4) is 0 Å². The number of piperidine rings is 1. The van der Waals surface area contributed by atoms with Crippen LogP contribution in [0.25, 0.3) is 11.0 Å². The van der Waals surface area contributed by atoms with E-state index in [9.17, 15) is 18.8 Å². The summed E-state index contributed by atoms with van der Waals surface area (Å²) < 4.78 is 19.2. The summed E-state index contributed by atoms with van der Waals surface area (Å²) in [7, 11) is 0. The highest BCUT2D eigenvalue weighted by Gasteiger charge is 2.32. The molecule has 1 aromatic heterocycles. The molecule has 10 heteroatoms. The van der Waals surface area contributed by atoms with Crippen molar-refractivity contribution in [2.45, 2.75) is 77.9 Å². The molecule has 3 rings (SSSR count). The lowest BCUT2D eigenvalue weighted by molar-refractivity contribution is -0.138. The predicted octanol–water partition coefficient (Wildman–Crippen LogP) is 3.81. The van der Waals surface area contributed by atoms with Crippen molar-refractivity contribution in [1.82, 2.24) is 25.5 Å². The summed E-state index contributed by atoms with van der Waals surface area (Å²) in [6.07, 6.45) is 2.83. The number of alkyl carbamates (subject to hydrolysis) is 1. The van der Waals surface area contributed by atoms with Crippen LogP contribution in [-0.4, -0.2) is 58.0 Å². The molecule has 2 aromatic rings. The maximum Gasteiger partial charge on any atom is 0.407 e. The molecule has 3 N–H and O–H groups in total.